The molecule has 0 radical (unpaired) electrons. The molecule has 0 fully saturated rings. The van der Waals surface area contributed by atoms with E-state index >= 15 is 0 Å². The van der Waals surface area contributed by atoms with Crippen LogP contribution in [0.1, 0.15) is 29.0 Å². The van der Waals surface area contributed by atoms with Crippen molar-refractivity contribution in [1.82, 2.24) is 15.2 Å². The quantitative estimate of drug-likeness (QED) is 0.655. The number of carbonyl (C=O) groups is 1. The lowest BCUT2D eigenvalue weighted by Crippen LogP contribution is -2.22. The van der Waals surface area contributed by atoms with Crippen LogP contribution in [0.15, 0.2) is 48.5 Å². The Hall–Kier alpha value is -2.24. The molecular formula is C21H25N3OS. The number of nitrogens with zero attached hydrogens (tertiary/aromatic N) is 2. The Morgan fingerprint density at radius 3 is 2.54 bits per heavy atom. The normalized spacial score (nSPS) is 11.2. The van der Waals surface area contributed by atoms with E-state index in [1.54, 1.807) is 11.3 Å². The Labute approximate surface area is 158 Å². The first-order valence-corrected chi connectivity index (χ1v) is 9.75. The fourth-order valence-corrected chi connectivity index (χ4v) is 3.85. The lowest BCUT2D eigenvalue weighted by molar-refractivity contribution is -0.121. The van der Waals surface area contributed by atoms with Crippen molar-refractivity contribution in [2.75, 3.05) is 14.1 Å². The van der Waals surface area contributed by atoms with E-state index in [4.69, 9.17) is 0 Å². The number of amides is 1. The molecule has 26 heavy (non-hydrogen) atoms. The number of nitrogens with one attached hydrogen (secondary N) is 1. The molecule has 1 aromatic heterocycles. The van der Waals surface area contributed by atoms with Gasteiger partial charge in [-0.05, 0) is 50.2 Å². The lowest BCUT2D eigenvalue weighted by atomic mass is 10.1. The topological polar surface area (TPSA) is 45.2 Å². The van der Waals surface area contributed by atoms with Crippen LogP contribution in [0.4, 0.5) is 0 Å². The number of hydrogen-bond acceptors (Lipinski definition) is 4. The monoisotopic (exact) mass is 367 g/mol. The van der Waals surface area contributed by atoms with Crippen LogP contribution in [0.2, 0.25) is 0 Å². The molecule has 0 unspecified atom stereocenters. The molecule has 0 aliphatic heterocycles. The van der Waals surface area contributed by atoms with Gasteiger partial charge in [0.1, 0.15) is 0 Å². The van der Waals surface area contributed by atoms with Gasteiger partial charge >= 0.3 is 0 Å². The molecule has 0 aliphatic rings. The van der Waals surface area contributed by atoms with Gasteiger partial charge in [-0.15, -0.1) is 11.3 Å². The number of thiazole rings is 1. The number of benzene rings is 2. The molecule has 4 nitrogen and oxygen atoms in total. The minimum atomic E-state index is 0.100. The van der Waals surface area contributed by atoms with Crippen molar-refractivity contribution >= 4 is 27.5 Å². The van der Waals surface area contributed by atoms with Crippen LogP contribution < -0.4 is 5.32 Å². The van der Waals surface area contributed by atoms with Crippen LogP contribution in [0.5, 0.6) is 0 Å². The minimum Gasteiger partial charge on any atom is -0.352 e. The van der Waals surface area contributed by atoms with Crippen LogP contribution in [-0.4, -0.2) is 29.9 Å². The zero-order valence-corrected chi connectivity index (χ0v) is 16.2. The Balaban J connectivity index is 1.40. The predicted molar refractivity (Wildman–Crippen MR) is 108 cm³/mol. The molecule has 0 bridgehead atoms. The maximum absolute atomic E-state index is 12.1. The first-order chi connectivity index (χ1) is 12.6. The fourth-order valence-electron chi connectivity index (χ4n) is 2.84. The summed E-state index contributed by atoms with van der Waals surface area (Å²) in [4.78, 5) is 18.8. The number of fused-ring (bicyclic) bond motifs is 1. The van der Waals surface area contributed by atoms with Gasteiger partial charge in [0.25, 0.3) is 0 Å². The third-order valence-electron chi connectivity index (χ3n) is 4.14. The van der Waals surface area contributed by atoms with E-state index in [1.807, 2.05) is 18.2 Å². The molecule has 1 heterocycles. The highest BCUT2D eigenvalue weighted by Gasteiger charge is 2.06. The SMILES string of the molecule is CN(C)Cc1ccc(CNC(=O)CCCc2nc3ccccc3s2)cc1. The Kier molecular flexibility index (Phi) is 6.36. The molecule has 3 rings (SSSR count). The largest absolute Gasteiger partial charge is 0.352 e. The number of aryl methyl sites for hydroxylation is 1. The summed E-state index contributed by atoms with van der Waals surface area (Å²) < 4.78 is 1.21. The third-order valence-corrected chi connectivity index (χ3v) is 5.24. The first kappa shape index (κ1) is 18.5. The van der Waals surface area contributed by atoms with E-state index in [-0.39, 0.29) is 5.91 Å². The summed E-state index contributed by atoms with van der Waals surface area (Å²) in [6.07, 6.45) is 2.22. The zero-order chi connectivity index (χ0) is 18.4. The zero-order valence-electron chi connectivity index (χ0n) is 15.4. The molecule has 0 saturated carbocycles. The molecular weight excluding hydrogens is 342 g/mol. The van der Waals surface area contributed by atoms with Gasteiger partial charge in [0.2, 0.25) is 5.91 Å². The maximum atomic E-state index is 12.1. The van der Waals surface area contributed by atoms with Crippen LogP contribution in [0.25, 0.3) is 10.2 Å². The van der Waals surface area contributed by atoms with Gasteiger partial charge in [-0.2, -0.15) is 0 Å². The van der Waals surface area contributed by atoms with Crippen LogP contribution in [0, 0.1) is 0 Å². The molecule has 0 atom stereocenters. The summed E-state index contributed by atoms with van der Waals surface area (Å²) in [7, 11) is 4.12. The van der Waals surface area contributed by atoms with Crippen molar-refractivity contribution in [3.8, 4) is 0 Å². The number of para-hydroxylation sites is 1. The highest BCUT2D eigenvalue weighted by molar-refractivity contribution is 7.18. The third kappa shape index (κ3) is 5.38. The smallest absolute Gasteiger partial charge is 0.220 e. The molecule has 0 spiro atoms. The Bertz CT molecular complexity index is 822. The summed E-state index contributed by atoms with van der Waals surface area (Å²) in [5, 5.41) is 4.11. The molecule has 136 valence electrons. The van der Waals surface area contributed by atoms with Crippen LogP contribution in [-0.2, 0) is 24.3 Å². The summed E-state index contributed by atoms with van der Waals surface area (Å²) in [5.41, 5.74) is 3.46. The van der Waals surface area contributed by atoms with Gasteiger partial charge in [-0.25, -0.2) is 4.98 Å². The Morgan fingerprint density at radius 1 is 1.08 bits per heavy atom. The number of aromatic nitrogens is 1. The molecule has 1 amide bonds. The average molecular weight is 368 g/mol. The van der Waals surface area contributed by atoms with Crippen molar-refractivity contribution < 1.29 is 4.79 Å². The summed E-state index contributed by atoms with van der Waals surface area (Å²) in [6, 6.07) is 16.6. The van der Waals surface area contributed by atoms with Crippen molar-refractivity contribution in [2.45, 2.75) is 32.4 Å². The fraction of sp³-hybridized carbons (Fsp3) is 0.333. The van der Waals surface area contributed by atoms with Crippen LogP contribution >= 0.6 is 11.3 Å². The van der Waals surface area contributed by atoms with Crippen molar-refractivity contribution in [3.63, 3.8) is 0 Å². The summed E-state index contributed by atoms with van der Waals surface area (Å²) in [5.74, 6) is 0.100. The van der Waals surface area contributed by atoms with E-state index in [0.29, 0.717) is 13.0 Å². The Morgan fingerprint density at radius 2 is 1.81 bits per heavy atom. The van der Waals surface area contributed by atoms with Crippen molar-refractivity contribution in [1.29, 1.82) is 0 Å². The highest BCUT2D eigenvalue weighted by Crippen LogP contribution is 2.22. The van der Waals surface area contributed by atoms with Gasteiger partial charge < -0.3 is 10.2 Å². The second-order valence-corrected chi connectivity index (χ2v) is 7.88. The summed E-state index contributed by atoms with van der Waals surface area (Å²) >= 11 is 1.72. The van der Waals surface area contributed by atoms with Gasteiger partial charge in [0, 0.05) is 19.5 Å². The van der Waals surface area contributed by atoms with E-state index in [9.17, 15) is 4.79 Å². The number of rotatable bonds is 8. The van der Waals surface area contributed by atoms with E-state index in [2.05, 4.69) is 59.6 Å². The molecule has 0 saturated heterocycles. The number of hydrogen-bond donors (Lipinski definition) is 1. The average Bonchev–Trinajstić information content (AvgIpc) is 3.03. The maximum Gasteiger partial charge on any atom is 0.220 e. The van der Waals surface area contributed by atoms with Gasteiger partial charge in [-0.3, -0.25) is 4.79 Å². The van der Waals surface area contributed by atoms with Crippen LogP contribution in [0.3, 0.4) is 0 Å². The van der Waals surface area contributed by atoms with Gasteiger partial charge in [0.15, 0.2) is 0 Å². The molecule has 0 aliphatic carbocycles. The van der Waals surface area contributed by atoms with Crippen molar-refractivity contribution in [2.24, 2.45) is 0 Å². The molecule has 2 aromatic carbocycles. The minimum absolute atomic E-state index is 0.100. The first-order valence-electron chi connectivity index (χ1n) is 8.94. The highest BCUT2D eigenvalue weighted by atomic mass is 32.1. The molecule has 5 heteroatoms. The van der Waals surface area contributed by atoms with Gasteiger partial charge in [-0.1, -0.05) is 36.4 Å². The second kappa shape index (κ2) is 8.92. The summed E-state index contributed by atoms with van der Waals surface area (Å²) in [6.45, 7) is 1.51. The lowest BCUT2D eigenvalue weighted by Gasteiger charge is -2.10. The van der Waals surface area contributed by atoms with Gasteiger partial charge in [0.05, 0.1) is 15.2 Å². The second-order valence-electron chi connectivity index (χ2n) is 6.76. The van der Waals surface area contributed by atoms with Crippen molar-refractivity contribution in [3.05, 3.63) is 64.7 Å². The van der Waals surface area contributed by atoms with E-state index < -0.39 is 0 Å². The standard InChI is InChI=1S/C21H25N3OS/c1-24(2)15-17-12-10-16(11-13-17)14-22-20(25)8-5-9-21-23-18-6-3-4-7-19(18)26-21/h3-4,6-7,10-13H,5,8-9,14-15H2,1-2H3,(H,22,25). The predicted octanol–water partition coefficient (Wildman–Crippen LogP) is 4.00. The molecule has 3 aromatic rings. The molecule has 1 N–H and O–H groups in total. The van der Waals surface area contributed by atoms with E-state index in [1.165, 1.54) is 10.3 Å². The number of carbonyl (C=O) groups excluding carboxylic acids is 1. The van der Waals surface area contributed by atoms with E-state index in [0.717, 1.165) is 35.5 Å².